The second kappa shape index (κ2) is 6.81. The maximum Gasteiger partial charge on any atom is 0.407 e. The highest BCUT2D eigenvalue weighted by Crippen LogP contribution is 2.28. The summed E-state index contributed by atoms with van der Waals surface area (Å²) in [5.41, 5.74) is 0.646. The van der Waals surface area contributed by atoms with E-state index in [1.165, 1.54) is 0 Å². The smallest absolute Gasteiger partial charge is 0.407 e. The van der Waals surface area contributed by atoms with Crippen LogP contribution in [0.2, 0.25) is 0 Å². The number of rotatable bonds is 4. The van der Waals surface area contributed by atoms with E-state index in [2.05, 4.69) is 10.4 Å². The van der Waals surface area contributed by atoms with Crippen LogP contribution in [0, 0.1) is 0 Å². The Morgan fingerprint density at radius 1 is 1.30 bits per heavy atom. The Labute approximate surface area is 134 Å². The molecule has 3 rings (SSSR count). The number of alkyl carbamates (subject to hydrolysis) is 1. The lowest BCUT2D eigenvalue weighted by molar-refractivity contribution is 0.151. The summed E-state index contributed by atoms with van der Waals surface area (Å²) < 4.78 is 6.49. The zero-order chi connectivity index (χ0) is 16.2. The second-order valence-corrected chi connectivity index (χ2v) is 5.75. The van der Waals surface area contributed by atoms with E-state index in [1.54, 1.807) is 11.6 Å². The molecule has 1 amide bonds. The number of carbonyl (C=O) groups is 1. The highest BCUT2D eigenvalue weighted by atomic mass is 16.5. The summed E-state index contributed by atoms with van der Waals surface area (Å²) in [6, 6.07) is 7.57. The van der Waals surface area contributed by atoms with Gasteiger partial charge in [0.25, 0.3) is 5.56 Å². The van der Waals surface area contributed by atoms with Gasteiger partial charge in [0, 0.05) is 5.39 Å². The molecular weight excluding hydrogens is 294 g/mol. The van der Waals surface area contributed by atoms with Gasteiger partial charge in [0.05, 0.1) is 30.3 Å². The molecule has 0 atom stereocenters. The summed E-state index contributed by atoms with van der Waals surface area (Å²) in [6.07, 6.45) is 3.74. The molecule has 0 aliphatic heterocycles. The summed E-state index contributed by atoms with van der Waals surface area (Å²) in [7, 11) is 0. The van der Waals surface area contributed by atoms with Gasteiger partial charge in [-0.05, 0) is 25.8 Å². The van der Waals surface area contributed by atoms with E-state index >= 15 is 0 Å². The lowest BCUT2D eigenvalue weighted by atomic mass is 10.1. The summed E-state index contributed by atoms with van der Waals surface area (Å²) >= 11 is 0. The lowest BCUT2D eigenvalue weighted by Crippen LogP contribution is -2.30. The molecule has 0 saturated heterocycles. The number of hydrogen-bond acceptors (Lipinski definition) is 4. The van der Waals surface area contributed by atoms with Gasteiger partial charge in [0.2, 0.25) is 0 Å². The normalized spacial score (nSPS) is 15.0. The minimum atomic E-state index is -0.475. The first-order valence-electron chi connectivity index (χ1n) is 8.11. The van der Waals surface area contributed by atoms with Crippen molar-refractivity contribution in [3.05, 3.63) is 40.3 Å². The van der Waals surface area contributed by atoms with Crippen molar-refractivity contribution in [1.29, 1.82) is 0 Å². The van der Waals surface area contributed by atoms with Gasteiger partial charge in [-0.1, -0.05) is 31.0 Å². The highest BCUT2D eigenvalue weighted by molar-refractivity contribution is 5.83. The Morgan fingerprint density at radius 3 is 2.70 bits per heavy atom. The van der Waals surface area contributed by atoms with E-state index < -0.39 is 6.09 Å². The fourth-order valence-electron chi connectivity index (χ4n) is 3.14. The van der Waals surface area contributed by atoms with Gasteiger partial charge in [0.15, 0.2) is 0 Å². The van der Waals surface area contributed by atoms with Crippen LogP contribution in [0.3, 0.4) is 0 Å². The van der Waals surface area contributed by atoms with E-state index in [-0.39, 0.29) is 18.1 Å². The molecule has 2 aromatic rings. The van der Waals surface area contributed by atoms with Crippen molar-refractivity contribution in [3.8, 4) is 0 Å². The Balaban J connectivity index is 1.99. The number of nitrogens with one attached hydrogen (secondary N) is 1. The zero-order valence-electron chi connectivity index (χ0n) is 13.2. The second-order valence-electron chi connectivity index (χ2n) is 5.75. The molecule has 1 aliphatic rings. The van der Waals surface area contributed by atoms with Crippen molar-refractivity contribution in [1.82, 2.24) is 15.1 Å². The number of fused-ring (bicyclic) bond motifs is 1. The predicted octanol–water partition coefficient (Wildman–Crippen LogP) is 2.76. The van der Waals surface area contributed by atoms with Crippen molar-refractivity contribution in [2.45, 2.75) is 45.2 Å². The third-order valence-corrected chi connectivity index (χ3v) is 4.25. The SMILES string of the molecule is CCOC(=O)NCc1nn(C2CCCC2)c(=O)c2ccccc12. The molecule has 122 valence electrons. The van der Waals surface area contributed by atoms with Gasteiger partial charge in [-0.2, -0.15) is 5.10 Å². The molecule has 6 nitrogen and oxygen atoms in total. The molecule has 0 bridgehead atoms. The maximum absolute atomic E-state index is 12.7. The summed E-state index contributed by atoms with van der Waals surface area (Å²) in [5.74, 6) is 0. The van der Waals surface area contributed by atoms with Crippen LogP contribution in [0.25, 0.3) is 10.8 Å². The molecular formula is C17H21N3O3. The molecule has 0 radical (unpaired) electrons. The minimum Gasteiger partial charge on any atom is -0.450 e. The van der Waals surface area contributed by atoms with Gasteiger partial charge in [-0.3, -0.25) is 4.79 Å². The predicted molar refractivity (Wildman–Crippen MR) is 87.4 cm³/mol. The largest absolute Gasteiger partial charge is 0.450 e. The Kier molecular flexibility index (Phi) is 4.60. The van der Waals surface area contributed by atoms with Crippen LogP contribution < -0.4 is 10.9 Å². The molecule has 1 aliphatic carbocycles. The topological polar surface area (TPSA) is 73.2 Å². The summed E-state index contributed by atoms with van der Waals surface area (Å²) in [5, 5.41) is 8.67. The monoisotopic (exact) mass is 315 g/mol. The first kappa shape index (κ1) is 15.5. The number of ether oxygens (including phenoxy) is 1. The van der Waals surface area contributed by atoms with E-state index in [1.807, 2.05) is 24.3 Å². The maximum atomic E-state index is 12.7. The van der Waals surface area contributed by atoms with Crippen LogP contribution in [0.1, 0.15) is 44.3 Å². The van der Waals surface area contributed by atoms with Crippen LogP contribution in [0.15, 0.2) is 29.1 Å². The Hall–Kier alpha value is -2.37. The van der Waals surface area contributed by atoms with Crippen LogP contribution in [-0.2, 0) is 11.3 Å². The van der Waals surface area contributed by atoms with Gasteiger partial charge in [-0.25, -0.2) is 9.48 Å². The van der Waals surface area contributed by atoms with Crippen molar-refractivity contribution in [2.75, 3.05) is 6.61 Å². The number of aromatic nitrogens is 2. The first-order valence-corrected chi connectivity index (χ1v) is 8.11. The van der Waals surface area contributed by atoms with Gasteiger partial charge in [0.1, 0.15) is 0 Å². The average molecular weight is 315 g/mol. The van der Waals surface area contributed by atoms with Gasteiger partial charge in [-0.15, -0.1) is 0 Å². The number of amides is 1. The summed E-state index contributed by atoms with van der Waals surface area (Å²) in [6.45, 7) is 2.32. The van der Waals surface area contributed by atoms with Crippen LogP contribution in [0.5, 0.6) is 0 Å². The van der Waals surface area contributed by atoms with Crippen molar-refractivity contribution < 1.29 is 9.53 Å². The summed E-state index contributed by atoms with van der Waals surface area (Å²) in [4.78, 5) is 24.2. The fraction of sp³-hybridized carbons (Fsp3) is 0.471. The van der Waals surface area contributed by atoms with Crippen molar-refractivity contribution >= 4 is 16.9 Å². The van der Waals surface area contributed by atoms with E-state index in [9.17, 15) is 9.59 Å². The molecule has 1 aromatic heterocycles. The lowest BCUT2D eigenvalue weighted by Gasteiger charge is -2.16. The third-order valence-electron chi connectivity index (χ3n) is 4.25. The Bertz CT molecular complexity index is 763. The number of nitrogens with zero attached hydrogens (tertiary/aromatic N) is 2. The molecule has 0 unspecified atom stereocenters. The molecule has 23 heavy (non-hydrogen) atoms. The minimum absolute atomic E-state index is 0.0487. The van der Waals surface area contributed by atoms with Crippen LogP contribution in [-0.4, -0.2) is 22.5 Å². The van der Waals surface area contributed by atoms with Crippen molar-refractivity contribution in [3.63, 3.8) is 0 Å². The van der Waals surface area contributed by atoms with Crippen LogP contribution >= 0.6 is 0 Å². The third kappa shape index (κ3) is 3.21. The van der Waals surface area contributed by atoms with Gasteiger partial charge < -0.3 is 10.1 Å². The molecule has 1 aromatic carbocycles. The van der Waals surface area contributed by atoms with E-state index in [4.69, 9.17) is 4.74 Å². The van der Waals surface area contributed by atoms with E-state index in [0.29, 0.717) is 17.7 Å². The Morgan fingerprint density at radius 2 is 2.00 bits per heavy atom. The van der Waals surface area contributed by atoms with Crippen molar-refractivity contribution in [2.24, 2.45) is 0 Å². The van der Waals surface area contributed by atoms with Crippen LogP contribution in [0.4, 0.5) is 4.79 Å². The quantitative estimate of drug-likeness (QED) is 0.941. The molecule has 1 saturated carbocycles. The molecule has 1 heterocycles. The zero-order valence-corrected chi connectivity index (χ0v) is 13.2. The fourth-order valence-corrected chi connectivity index (χ4v) is 3.14. The number of benzene rings is 1. The average Bonchev–Trinajstić information content (AvgIpc) is 3.09. The van der Waals surface area contributed by atoms with Gasteiger partial charge >= 0.3 is 6.09 Å². The molecule has 0 spiro atoms. The molecule has 6 heteroatoms. The van der Waals surface area contributed by atoms with E-state index in [0.717, 1.165) is 31.1 Å². The standard InChI is InChI=1S/C17H21N3O3/c1-2-23-17(22)18-11-15-13-9-5-6-10-14(13)16(21)20(19-15)12-7-3-4-8-12/h5-6,9-10,12H,2-4,7-8,11H2,1H3,(H,18,22). The first-order chi connectivity index (χ1) is 11.2. The molecule has 1 fully saturated rings. The highest BCUT2D eigenvalue weighted by Gasteiger charge is 2.21. The molecule has 1 N–H and O–H groups in total. The number of hydrogen-bond donors (Lipinski definition) is 1. The number of carbonyl (C=O) groups excluding carboxylic acids is 1.